The molecule has 0 aliphatic carbocycles. The molecule has 0 aliphatic heterocycles. The van der Waals surface area contributed by atoms with Crippen LogP contribution >= 0.6 is 0 Å². The van der Waals surface area contributed by atoms with E-state index in [2.05, 4.69) is 10.1 Å². The van der Waals surface area contributed by atoms with E-state index in [0.717, 1.165) is 17.6 Å². The van der Waals surface area contributed by atoms with Crippen LogP contribution in [0.1, 0.15) is 26.0 Å². The number of sulfonamides is 1. The molecule has 26 heavy (non-hydrogen) atoms. The molecular formula is C17H25N5O3S. The van der Waals surface area contributed by atoms with Crippen molar-refractivity contribution in [3.8, 4) is 5.69 Å². The molecule has 0 atom stereocenters. The Balaban J connectivity index is 2.18. The molecule has 2 aromatic heterocycles. The van der Waals surface area contributed by atoms with Crippen molar-refractivity contribution in [3.63, 3.8) is 0 Å². The maximum absolute atomic E-state index is 12.7. The lowest BCUT2D eigenvalue weighted by atomic mass is 10.3. The van der Waals surface area contributed by atoms with Crippen LogP contribution in [0.4, 0.5) is 5.69 Å². The van der Waals surface area contributed by atoms with E-state index in [1.807, 2.05) is 26.0 Å². The highest BCUT2D eigenvalue weighted by molar-refractivity contribution is 7.88. The standard InChI is InChI=1S/C17H25N5O3S/c1-5-20(26(4,24)25)11-9-17(23)21(6-2)16-13-22(19-14(16)3)15-8-7-10-18-12-15/h7-8,10,12-13H,5-6,9,11H2,1-4H3. The third-order valence-electron chi connectivity index (χ3n) is 4.09. The smallest absolute Gasteiger partial charge is 0.228 e. The van der Waals surface area contributed by atoms with Gasteiger partial charge in [-0.05, 0) is 26.0 Å². The number of nitrogens with zero attached hydrogens (tertiary/aromatic N) is 5. The number of anilines is 1. The Hall–Kier alpha value is -2.26. The average Bonchev–Trinajstić information content (AvgIpc) is 2.97. The molecule has 0 aliphatic rings. The summed E-state index contributed by atoms with van der Waals surface area (Å²) in [5.74, 6) is -0.136. The van der Waals surface area contributed by atoms with Crippen molar-refractivity contribution in [1.82, 2.24) is 19.1 Å². The number of pyridine rings is 1. The molecule has 0 fully saturated rings. The summed E-state index contributed by atoms with van der Waals surface area (Å²) >= 11 is 0. The molecule has 0 aromatic carbocycles. The summed E-state index contributed by atoms with van der Waals surface area (Å²) in [7, 11) is -3.31. The van der Waals surface area contributed by atoms with Crippen LogP contribution in [0, 0.1) is 6.92 Å². The van der Waals surface area contributed by atoms with Crippen molar-refractivity contribution < 1.29 is 13.2 Å². The molecule has 2 heterocycles. The van der Waals surface area contributed by atoms with Crippen LogP contribution in [-0.2, 0) is 14.8 Å². The normalized spacial score (nSPS) is 11.7. The lowest BCUT2D eigenvalue weighted by Crippen LogP contribution is -2.36. The zero-order chi connectivity index (χ0) is 19.3. The van der Waals surface area contributed by atoms with E-state index in [4.69, 9.17) is 0 Å². The molecular weight excluding hydrogens is 354 g/mol. The second kappa shape index (κ2) is 8.41. The largest absolute Gasteiger partial charge is 0.310 e. The van der Waals surface area contributed by atoms with Crippen LogP contribution in [0.25, 0.3) is 5.69 Å². The van der Waals surface area contributed by atoms with E-state index in [0.29, 0.717) is 18.8 Å². The summed E-state index contributed by atoms with van der Waals surface area (Å²) in [5, 5.41) is 4.46. The van der Waals surface area contributed by atoms with Gasteiger partial charge in [0.05, 0.1) is 35.7 Å². The highest BCUT2D eigenvalue weighted by Crippen LogP contribution is 2.21. The van der Waals surface area contributed by atoms with Gasteiger partial charge >= 0.3 is 0 Å². The number of rotatable bonds is 8. The second-order valence-corrected chi connectivity index (χ2v) is 7.88. The molecule has 0 unspecified atom stereocenters. The fraction of sp³-hybridized carbons (Fsp3) is 0.471. The highest BCUT2D eigenvalue weighted by Gasteiger charge is 2.21. The molecule has 8 nitrogen and oxygen atoms in total. The Morgan fingerprint density at radius 1 is 1.27 bits per heavy atom. The van der Waals surface area contributed by atoms with Gasteiger partial charge in [0.1, 0.15) is 0 Å². The van der Waals surface area contributed by atoms with Crippen molar-refractivity contribution in [2.45, 2.75) is 27.2 Å². The van der Waals surface area contributed by atoms with Gasteiger partial charge in [-0.15, -0.1) is 0 Å². The topological polar surface area (TPSA) is 88.4 Å². The lowest BCUT2D eigenvalue weighted by molar-refractivity contribution is -0.118. The molecule has 9 heteroatoms. The Morgan fingerprint density at radius 3 is 2.54 bits per heavy atom. The number of carbonyl (C=O) groups excluding carboxylic acids is 1. The number of hydrogen-bond donors (Lipinski definition) is 0. The first kappa shape index (κ1) is 20.1. The van der Waals surface area contributed by atoms with Crippen LogP contribution in [0.3, 0.4) is 0 Å². The van der Waals surface area contributed by atoms with Crippen molar-refractivity contribution in [1.29, 1.82) is 0 Å². The molecule has 0 N–H and O–H groups in total. The van der Waals surface area contributed by atoms with Gasteiger partial charge in [0.15, 0.2) is 0 Å². The molecule has 0 spiro atoms. The Kier molecular flexibility index (Phi) is 6.49. The van der Waals surface area contributed by atoms with E-state index < -0.39 is 10.0 Å². The minimum atomic E-state index is -3.31. The molecule has 2 aromatic rings. The number of aryl methyl sites for hydroxylation is 1. The molecule has 2 rings (SSSR count). The van der Waals surface area contributed by atoms with Gasteiger partial charge in [-0.2, -0.15) is 5.10 Å². The average molecular weight is 379 g/mol. The Labute approximate surface area is 154 Å². The molecule has 0 saturated carbocycles. The fourth-order valence-electron chi connectivity index (χ4n) is 2.73. The van der Waals surface area contributed by atoms with Crippen molar-refractivity contribution in [2.75, 3.05) is 30.8 Å². The summed E-state index contributed by atoms with van der Waals surface area (Å²) in [6.45, 7) is 6.46. The zero-order valence-electron chi connectivity index (χ0n) is 15.6. The molecule has 142 valence electrons. The summed E-state index contributed by atoms with van der Waals surface area (Å²) in [6, 6.07) is 3.70. The third-order valence-corrected chi connectivity index (χ3v) is 5.47. The lowest BCUT2D eigenvalue weighted by Gasteiger charge is -2.22. The predicted molar refractivity (Wildman–Crippen MR) is 101 cm³/mol. The number of amides is 1. The van der Waals surface area contributed by atoms with Crippen molar-refractivity contribution in [3.05, 3.63) is 36.4 Å². The summed E-state index contributed by atoms with van der Waals surface area (Å²) in [4.78, 5) is 18.4. The fourth-order valence-corrected chi connectivity index (χ4v) is 3.62. The maximum atomic E-state index is 12.7. The van der Waals surface area contributed by atoms with Gasteiger partial charge in [-0.3, -0.25) is 9.78 Å². The molecule has 1 amide bonds. The molecule has 0 bridgehead atoms. The maximum Gasteiger partial charge on any atom is 0.228 e. The first-order valence-electron chi connectivity index (χ1n) is 8.50. The predicted octanol–water partition coefficient (Wildman–Crippen LogP) is 1.60. The summed E-state index contributed by atoms with van der Waals surface area (Å²) in [6.07, 6.45) is 6.44. The first-order valence-corrected chi connectivity index (χ1v) is 10.3. The van der Waals surface area contributed by atoms with Gasteiger partial charge in [-0.1, -0.05) is 6.92 Å². The third kappa shape index (κ3) is 4.67. The van der Waals surface area contributed by atoms with Gasteiger partial charge in [-0.25, -0.2) is 17.4 Å². The number of hydrogen-bond acceptors (Lipinski definition) is 5. The monoisotopic (exact) mass is 379 g/mol. The van der Waals surface area contributed by atoms with E-state index in [1.54, 1.807) is 35.1 Å². The van der Waals surface area contributed by atoms with Gasteiger partial charge in [0.25, 0.3) is 0 Å². The Morgan fingerprint density at radius 2 is 2.00 bits per heavy atom. The molecule has 0 saturated heterocycles. The van der Waals surface area contributed by atoms with Crippen molar-refractivity contribution in [2.24, 2.45) is 0 Å². The summed E-state index contributed by atoms with van der Waals surface area (Å²) in [5.41, 5.74) is 2.24. The minimum absolute atomic E-state index is 0.117. The highest BCUT2D eigenvalue weighted by atomic mass is 32.2. The minimum Gasteiger partial charge on any atom is -0.310 e. The quantitative estimate of drug-likeness (QED) is 0.695. The van der Waals surface area contributed by atoms with Crippen LogP contribution in [-0.4, -0.2) is 59.3 Å². The van der Waals surface area contributed by atoms with Crippen LogP contribution in [0.5, 0.6) is 0 Å². The van der Waals surface area contributed by atoms with E-state index in [-0.39, 0.29) is 18.9 Å². The summed E-state index contributed by atoms with van der Waals surface area (Å²) < 4.78 is 26.3. The van der Waals surface area contributed by atoms with E-state index in [1.165, 1.54) is 4.31 Å². The van der Waals surface area contributed by atoms with Crippen LogP contribution in [0.15, 0.2) is 30.7 Å². The van der Waals surface area contributed by atoms with Crippen molar-refractivity contribution >= 4 is 21.6 Å². The Bertz CT molecular complexity index is 849. The number of aromatic nitrogens is 3. The van der Waals surface area contributed by atoms with Crippen LogP contribution in [0.2, 0.25) is 0 Å². The van der Waals surface area contributed by atoms with E-state index in [9.17, 15) is 13.2 Å². The second-order valence-electron chi connectivity index (χ2n) is 5.90. The van der Waals surface area contributed by atoms with Gasteiger partial charge < -0.3 is 4.90 Å². The zero-order valence-corrected chi connectivity index (χ0v) is 16.4. The number of carbonyl (C=O) groups is 1. The van der Waals surface area contributed by atoms with Gasteiger partial charge in [0.2, 0.25) is 15.9 Å². The van der Waals surface area contributed by atoms with Crippen LogP contribution < -0.4 is 4.90 Å². The first-order chi connectivity index (χ1) is 12.3. The van der Waals surface area contributed by atoms with Gasteiger partial charge in [0, 0.05) is 32.3 Å². The SMILES string of the molecule is CCN(C(=O)CCN(CC)S(C)(=O)=O)c1cn(-c2cccnc2)nc1C. The van der Waals surface area contributed by atoms with E-state index >= 15 is 0 Å². The molecule has 0 radical (unpaired) electrons.